The number of aryl methyl sites for hydroxylation is 1. The molecule has 0 radical (unpaired) electrons. The first-order chi connectivity index (χ1) is 10.2. The van der Waals surface area contributed by atoms with Crippen LogP contribution in [0, 0.1) is 0 Å². The second kappa shape index (κ2) is 6.58. The molecule has 6 heteroatoms. The van der Waals surface area contributed by atoms with E-state index in [9.17, 15) is 4.79 Å². The van der Waals surface area contributed by atoms with E-state index >= 15 is 0 Å². The molecule has 2 fully saturated rings. The highest BCUT2D eigenvalue weighted by molar-refractivity contribution is 5.82. The van der Waals surface area contributed by atoms with Gasteiger partial charge in [0, 0.05) is 51.5 Å². The molecule has 0 bridgehead atoms. The molecule has 1 unspecified atom stereocenters. The third-order valence-corrected chi connectivity index (χ3v) is 4.42. The Balaban J connectivity index is 1.52. The van der Waals surface area contributed by atoms with E-state index in [1.165, 1.54) is 5.56 Å². The van der Waals surface area contributed by atoms with Crippen LogP contribution in [0.1, 0.15) is 24.8 Å². The van der Waals surface area contributed by atoms with Gasteiger partial charge in [-0.05, 0) is 25.8 Å². The largest absolute Gasteiger partial charge is 0.340 e. The summed E-state index contributed by atoms with van der Waals surface area (Å²) in [6.45, 7) is 5.65. The van der Waals surface area contributed by atoms with Crippen molar-refractivity contribution in [2.24, 2.45) is 7.05 Å². The van der Waals surface area contributed by atoms with Gasteiger partial charge in [-0.25, -0.2) is 0 Å². The fraction of sp³-hybridized carbons (Fsp3) is 0.733. The maximum Gasteiger partial charge on any atom is 0.239 e. The Bertz CT molecular complexity index is 480. The molecule has 3 rings (SSSR count). The number of amides is 1. The summed E-state index contributed by atoms with van der Waals surface area (Å²) in [6, 6.07) is 0.0647. The molecule has 0 spiro atoms. The molecule has 0 aromatic carbocycles. The van der Waals surface area contributed by atoms with E-state index in [0.29, 0.717) is 5.91 Å². The Kier molecular flexibility index (Phi) is 4.55. The van der Waals surface area contributed by atoms with Crippen molar-refractivity contribution in [3.8, 4) is 0 Å². The molecular weight excluding hydrogens is 266 g/mol. The molecule has 116 valence electrons. The van der Waals surface area contributed by atoms with Crippen LogP contribution in [0.15, 0.2) is 12.4 Å². The lowest BCUT2D eigenvalue weighted by Crippen LogP contribution is -2.45. The van der Waals surface area contributed by atoms with Crippen LogP contribution in [0.4, 0.5) is 0 Å². The summed E-state index contributed by atoms with van der Waals surface area (Å²) in [5.41, 5.74) is 1.25. The predicted molar refractivity (Wildman–Crippen MR) is 80.7 cm³/mol. The lowest BCUT2D eigenvalue weighted by atomic mass is 10.2. The minimum atomic E-state index is 0.0647. The van der Waals surface area contributed by atoms with Crippen molar-refractivity contribution in [3.63, 3.8) is 0 Å². The summed E-state index contributed by atoms with van der Waals surface area (Å²) < 4.78 is 1.84. The van der Waals surface area contributed by atoms with E-state index in [1.807, 2.05) is 22.8 Å². The monoisotopic (exact) mass is 291 g/mol. The van der Waals surface area contributed by atoms with Crippen LogP contribution >= 0.6 is 0 Å². The Morgan fingerprint density at radius 1 is 1.33 bits per heavy atom. The minimum absolute atomic E-state index is 0.0647. The second-order valence-corrected chi connectivity index (χ2v) is 6.13. The Hall–Kier alpha value is -1.40. The standard InChI is InChI=1S/C15H25N5O/c1-18-11-13(10-17-18)12-19-6-3-7-20(9-8-19)15(21)14-4-2-5-16-14/h10-11,14,16H,2-9,12H2,1H3. The highest BCUT2D eigenvalue weighted by atomic mass is 16.2. The first-order valence-electron chi connectivity index (χ1n) is 7.94. The third-order valence-electron chi connectivity index (χ3n) is 4.42. The highest BCUT2D eigenvalue weighted by Crippen LogP contribution is 2.12. The van der Waals surface area contributed by atoms with Gasteiger partial charge in [-0.2, -0.15) is 5.10 Å². The molecule has 0 aliphatic carbocycles. The van der Waals surface area contributed by atoms with Crippen molar-refractivity contribution in [3.05, 3.63) is 18.0 Å². The average Bonchev–Trinajstić information content (AvgIpc) is 3.08. The van der Waals surface area contributed by atoms with E-state index in [4.69, 9.17) is 0 Å². The summed E-state index contributed by atoms with van der Waals surface area (Å²) in [4.78, 5) is 16.9. The maximum atomic E-state index is 12.5. The number of aromatic nitrogens is 2. The molecule has 1 atom stereocenters. The van der Waals surface area contributed by atoms with Gasteiger partial charge in [0.25, 0.3) is 0 Å². The number of carbonyl (C=O) groups excluding carboxylic acids is 1. The quantitative estimate of drug-likeness (QED) is 0.865. The lowest BCUT2D eigenvalue weighted by Gasteiger charge is -2.24. The number of carbonyl (C=O) groups is 1. The van der Waals surface area contributed by atoms with E-state index in [1.54, 1.807) is 0 Å². The zero-order valence-corrected chi connectivity index (χ0v) is 12.8. The highest BCUT2D eigenvalue weighted by Gasteiger charge is 2.28. The molecule has 1 aromatic heterocycles. The van der Waals surface area contributed by atoms with E-state index in [2.05, 4.69) is 21.5 Å². The zero-order chi connectivity index (χ0) is 14.7. The van der Waals surface area contributed by atoms with Crippen molar-refractivity contribution in [1.82, 2.24) is 24.9 Å². The molecule has 0 saturated carbocycles. The van der Waals surface area contributed by atoms with Gasteiger partial charge in [0.1, 0.15) is 0 Å². The van der Waals surface area contributed by atoms with E-state index < -0.39 is 0 Å². The van der Waals surface area contributed by atoms with Gasteiger partial charge in [0.2, 0.25) is 5.91 Å². The van der Waals surface area contributed by atoms with Gasteiger partial charge in [0.05, 0.1) is 12.2 Å². The van der Waals surface area contributed by atoms with Crippen molar-refractivity contribution in [2.45, 2.75) is 31.8 Å². The van der Waals surface area contributed by atoms with Gasteiger partial charge >= 0.3 is 0 Å². The van der Waals surface area contributed by atoms with Gasteiger partial charge < -0.3 is 10.2 Å². The average molecular weight is 291 g/mol. The number of nitrogens with zero attached hydrogens (tertiary/aromatic N) is 4. The molecular formula is C15H25N5O. The molecule has 2 saturated heterocycles. The smallest absolute Gasteiger partial charge is 0.239 e. The molecule has 1 aromatic rings. The Morgan fingerprint density at radius 2 is 2.24 bits per heavy atom. The third kappa shape index (κ3) is 3.63. The summed E-state index contributed by atoms with van der Waals surface area (Å²) in [5.74, 6) is 0.302. The number of nitrogens with one attached hydrogen (secondary N) is 1. The summed E-state index contributed by atoms with van der Waals surface area (Å²) >= 11 is 0. The molecule has 6 nitrogen and oxygen atoms in total. The van der Waals surface area contributed by atoms with Crippen molar-refractivity contribution < 1.29 is 4.79 Å². The van der Waals surface area contributed by atoms with E-state index in [-0.39, 0.29) is 6.04 Å². The predicted octanol–water partition coefficient (Wildman–Crippen LogP) is 0.206. The van der Waals surface area contributed by atoms with Crippen molar-refractivity contribution in [1.29, 1.82) is 0 Å². The van der Waals surface area contributed by atoms with Gasteiger partial charge in [-0.1, -0.05) is 0 Å². The Morgan fingerprint density at radius 3 is 2.95 bits per heavy atom. The van der Waals surface area contributed by atoms with Crippen LogP contribution in [0.5, 0.6) is 0 Å². The minimum Gasteiger partial charge on any atom is -0.340 e. The van der Waals surface area contributed by atoms with Crippen LogP contribution in [0.3, 0.4) is 0 Å². The van der Waals surface area contributed by atoms with Crippen molar-refractivity contribution in [2.75, 3.05) is 32.7 Å². The molecule has 2 aliphatic rings. The molecule has 3 heterocycles. The zero-order valence-electron chi connectivity index (χ0n) is 12.8. The first kappa shape index (κ1) is 14.5. The fourth-order valence-corrected chi connectivity index (χ4v) is 3.28. The number of rotatable bonds is 3. The topological polar surface area (TPSA) is 53.4 Å². The molecule has 2 aliphatic heterocycles. The first-order valence-corrected chi connectivity index (χ1v) is 7.94. The van der Waals surface area contributed by atoms with Gasteiger partial charge in [-0.15, -0.1) is 0 Å². The fourth-order valence-electron chi connectivity index (χ4n) is 3.28. The number of hydrogen-bond acceptors (Lipinski definition) is 4. The maximum absolute atomic E-state index is 12.5. The van der Waals surface area contributed by atoms with Gasteiger partial charge in [0.15, 0.2) is 0 Å². The second-order valence-electron chi connectivity index (χ2n) is 6.13. The van der Waals surface area contributed by atoms with Gasteiger partial charge in [-0.3, -0.25) is 14.4 Å². The van der Waals surface area contributed by atoms with Crippen LogP contribution < -0.4 is 5.32 Å². The van der Waals surface area contributed by atoms with Crippen LogP contribution in [-0.2, 0) is 18.4 Å². The normalized spacial score (nSPS) is 24.2. The Labute approximate surface area is 126 Å². The lowest BCUT2D eigenvalue weighted by molar-refractivity contribution is -0.132. The van der Waals surface area contributed by atoms with Crippen molar-refractivity contribution >= 4 is 5.91 Å². The molecule has 21 heavy (non-hydrogen) atoms. The number of hydrogen-bond donors (Lipinski definition) is 1. The summed E-state index contributed by atoms with van der Waals surface area (Å²) in [5, 5.41) is 7.53. The van der Waals surface area contributed by atoms with Crippen LogP contribution in [0.2, 0.25) is 0 Å². The summed E-state index contributed by atoms with van der Waals surface area (Å²) in [6.07, 6.45) is 7.16. The SMILES string of the molecule is Cn1cc(CN2CCCN(C(=O)C3CCCN3)CC2)cn1. The van der Waals surface area contributed by atoms with Crippen LogP contribution in [0.25, 0.3) is 0 Å². The molecule has 1 amide bonds. The van der Waals surface area contributed by atoms with E-state index in [0.717, 1.165) is 58.5 Å². The summed E-state index contributed by atoms with van der Waals surface area (Å²) in [7, 11) is 1.95. The van der Waals surface area contributed by atoms with Crippen LogP contribution in [-0.4, -0.2) is 64.3 Å². The molecule has 1 N–H and O–H groups in total.